The molecule has 0 spiro atoms. The van der Waals surface area contributed by atoms with E-state index in [0.717, 1.165) is 0 Å². The molecule has 4 rings (SSSR count). The molecule has 2 aromatic carbocycles. The Bertz CT molecular complexity index is 991. The Kier molecular flexibility index (Phi) is 5.63. The van der Waals surface area contributed by atoms with Crippen molar-refractivity contribution in [3.8, 4) is 17.2 Å². The molecule has 0 bridgehead atoms. The summed E-state index contributed by atoms with van der Waals surface area (Å²) in [6, 6.07) is 8.72. The SMILES string of the molecule is CC1OC(Oc2ccc3c(c2)CC(c2ccc(O)c(O)c2)C(O)C3=O)C(O)C(O)C1O. The van der Waals surface area contributed by atoms with E-state index in [1.165, 1.54) is 30.3 Å². The molecular formula is C22H24O9. The summed E-state index contributed by atoms with van der Waals surface area (Å²) in [5.74, 6) is -1.50. The Morgan fingerprint density at radius 3 is 2.39 bits per heavy atom. The summed E-state index contributed by atoms with van der Waals surface area (Å²) < 4.78 is 11.1. The van der Waals surface area contributed by atoms with Gasteiger partial charge in [-0.2, -0.15) is 0 Å². The summed E-state index contributed by atoms with van der Waals surface area (Å²) >= 11 is 0. The van der Waals surface area contributed by atoms with Crippen LogP contribution in [-0.4, -0.2) is 73.2 Å². The number of aliphatic hydroxyl groups is 4. The van der Waals surface area contributed by atoms with Gasteiger partial charge in [0.1, 0.15) is 30.2 Å². The van der Waals surface area contributed by atoms with E-state index >= 15 is 0 Å². The highest BCUT2D eigenvalue weighted by Gasteiger charge is 2.43. The number of benzene rings is 2. The second-order valence-corrected chi connectivity index (χ2v) is 7.99. The van der Waals surface area contributed by atoms with Gasteiger partial charge in [-0.05, 0) is 54.8 Å². The third-order valence-corrected chi connectivity index (χ3v) is 5.92. The molecule has 0 amide bonds. The van der Waals surface area contributed by atoms with E-state index in [0.29, 0.717) is 16.7 Å². The first-order chi connectivity index (χ1) is 14.7. The highest BCUT2D eigenvalue weighted by Crippen LogP contribution is 2.38. The number of ether oxygens (including phenoxy) is 2. The van der Waals surface area contributed by atoms with Gasteiger partial charge in [0.05, 0.1) is 6.10 Å². The van der Waals surface area contributed by atoms with E-state index in [4.69, 9.17) is 9.47 Å². The number of aromatic hydroxyl groups is 2. The lowest BCUT2D eigenvalue weighted by Crippen LogP contribution is -2.58. The fourth-order valence-electron chi connectivity index (χ4n) is 4.06. The molecule has 1 fully saturated rings. The zero-order valence-corrected chi connectivity index (χ0v) is 16.6. The summed E-state index contributed by atoms with van der Waals surface area (Å²) in [5, 5.41) is 59.7. The maximum absolute atomic E-state index is 12.7. The van der Waals surface area contributed by atoms with Crippen LogP contribution in [0.25, 0.3) is 0 Å². The largest absolute Gasteiger partial charge is 0.504 e. The highest BCUT2D eigenvalue weighted by atomic mass is 16.7. The molecule has 1 aliphatic heterocycles. The molecule has 0 saturated carbocycles. The fourth-order valence-corrected chi connectivity index (χ4v) is 4.06. The van der Waals surface area contributed by atoms with Crippen molar-refractivity contribution < 1.29 is 44.9 Å². The number of rotatable bonds is 3. The van der Waals surface area contributed by atoms with Crippen molar-refractivity contribution in [2.75, 3.05) is 0 Å². The van der Waals surface area contributed by atoms with Gasteiger partial charge in [-0.15, -0.1) is 0 Å². The number of phenols is 2. The average Bonchev–Trinajstić information content (AvgIpc) is 2.75. The molecule has 7 unspecified atom stereocenters. The molecule has 0 radical (unpaired) electrons. The fraction of sp³-hybridized carbons (Fsp3) is 0.409. The Morgan fingerprint density at radius 1 is 0.935 bits per heavy atom. The van der Waals surface area contributed by atoms with E-state index in [1.807, 2.05) is 0 Å². The van der Waals surface area contributed by atoms with Crippen molar-refractivity contribution in [3.05, 3.63) is 53.1 Å². The summed E-state index contributed by atoms with van der Waals surface area (Å²) in [5.41, 5.74) is 1.41. The molecule has 2 aromatic rings. The zero-order valence-electron chi connectivity index (χ0n) is 16.6. The van der Waals surface area contributed by atoms with Crippen LogP contribution in [0.1, 0.15) is 34.3 Å². The van der Waals surface area contributed by atoms with E-state index in [2.05, 4.69) is 0 Å². The topological polar surface area (TPSA) is 157 Å². The lowest BCUT2D eigenvalue weighted by molar-refractivity contribution is -0.268. The van der Waals surface area contributed by atoms with Gasteiger partial charge in [0.25, 0.3) is 0 Å². The Labute approximate surface area is 177 Å². The molecule has 1 heterocycles. The number of ketones is 1. The van der Waals surface area contributed by atoms with Crippen LogP contribution in [-0.2, 0) is 11.2 Å². The summed E-state index contributed by atoms with van der Waals surface area (Å²) in [6.07, 6.45) is -7.20. The number of hydrogen-bond donors (Lipinski definition) is 6. The maximum atomic E-state index is 12.7. The van der Waals surface area contributed by atoms with Crippen molar-refractivity contribution in [1.29, 1.82) is 0 Å². The second kappa shape index (κ2) is 8.10. The molecule has 0 aromatic heterocycles. The number of carbonyl (C=O) groups is 1. The Morgan fingerprint density at radius 2 is 1.68 bits per heavy atom. The number of carbonyl (C=O) groups excluding carboxylic acids is 1. The van der Waals surface area contributed by atoms with Gasteiger partial charge < -0.3 is 40.1 Å². The van der Waals surface area contributed by atoms with Crippen molar-refractivity contribution in [2.24, 2.45) is 0 Å². The number of fused-ring (bicyclic) bond motifs is 1. The molecule has 2 aliphatic rings. The van der Waals surface area contributed by atoms with Gasteiger partial charge in [0, 0.05) is 11.5 Å². The van der Waals surface area contributed by atoms with Crippen LogP contribution in [0.2, 0.25) is 0 Å². The van der Waals surface area contributed by atoms with Crippen LogP contribution >= 0.6 is 0 Å². The second-order valence-electron chi connectivity index (χ2n) is 7.99. The van der Waals surface area contributed by atoms with Crippen LogP contribution in [0.5, 0.6) is 17.2 Å². The number of aliphatic hydroxyl groups excluding tert-OH is 4. The molecule has 1 saturated heterocycles. The van der Waals surface area contributed by atoms with Crippen LogP contribution in [0.3, 0.4) is 0 Å². The summed E-state index contributed by atoms with van der Waals surface area (Å²) in [4.78, 5) is 12.7. The molecule has 9 heteroatoms. The van der Waals surface area contributed by atoms with Crippen LogP contribution in [0.4, 0.5) is 0 Å². The van der Waals surface area contributed by atoms with E-state index in [9.17, 15) is 35.4 Å². The number of hydrogen-bond acceptors (Lipinski definition) is 9. The number of phenolic OH excluding ortho intramolecular Hbond substituents is 2. The predicted molar refractivity (Wildman–Crippen MR) is 106 cm³/mol. The van der Waals surface area contributed by atoms with Gasteiger partial charge in [-0.3, -0.25) is 4.79 Å². The summed E-state index contributed by atoms with van der Waals surface area (Å²) in [7, 11) is 0. The monoisotopic (exact) mass is 432 g/mol. The standard InChI is InChI=1S/C22H24O9/c1-9-17(25)20(28)21(29)22(30-9)31-12-3-4-13-11(6-12)7-14(19(27)18(13)26)10-2-5-15(23)16(24)8-10/h2-6,8-9,14,17,19-25,27-29H,7H2,1H3. The van der Waals surface area contributed by atoms with E-state index < -0.39 is 48.5 Å². The molecule has 6 N–H and O–H groups in total. The molecule has 31 heavy (non-hydrogen) atoms. The first-order valence-electron chi connectivity index (χ1n) is 9.90. The lowest BCUT2D eigenvalue weighted by atomic mass is 9.77. The molecule has 7 atom stereocenters. The molecule has 1 aliphatic carbocycles. The van der Waals surface area contributed by atoms with Crippen molar-refractivity contribution in [1.82, 2.24) is 0 Å². The third-order valence-electron chi connectivity index (χ3n) is 5.92. The van der Waals surface area contributed by atoms with Crippen molar-refractivity contribution in [2.45, 2.75) is 56.1 Å². The van der Waals surface area contributed by atoms with Gasteiger partial charge in [-0.1, -0.05) is 6.07 Å². The molecule has 166 valence electrons. The third kappa shape index (κ3) is 3.86. The van der Waals surface area contributed by atoms with E-state index in [1.54, 1.807) is 13.0 Å². The van der Waals surface area contributed by atoms with Crippen LogP contribution in [0.15, 0.2) is 36.4 Å². The Balaban J connectivity index is 1.59. The lowest BCUT2D eigenvalue weighted by Gasteiger charge is -2.39. The minimum absolute atomic E-state index is 0.259. The molecule has 9 nitrogen and oxygen atoms in total. The number of Topliss-reactive ketones (excluding diaryl/α,β-unsaturated/α-hetero) is 1. The first-order valence-corrected chi connectivity index (χ1v) is 9.90. The minimum atomic E-state index is -1.47. The Hall–Kier alpha value is -2.69. The quantitative estimate of drug-likeness (QED) is 0.373. The smallest absolute Gasteiger partial charge is 0.229 e. The van der Waals surface area contributed by atoms with E-state index in [-0.39, 0.29) is 23.7 Å². The minimum Gasteiger partial charge on any atom is -0.504 e. The average molecular weight is 432 g/mol. The first kappa shape index (κ1) is 21.5. The van der Waals surface area contributed by atoms with Gasteiger partial charge in [0.2, 0.25) is 6.29 Å². The van der Waals surface area contributed by atoms with Gasteiger partial charge in [-0.25, -0.2) is 0 Å². The van der Waals surface area contributed by atoms with Gasteiger partial charge in [0.15, 0.2) is 17.3 Å². The summed E-state index contributed by atoms with van der Waals surface area (Å²) in [6.45, 7) is 1.54. The van der Waals surface area contributed by atoms with Crippen LogP contribution in [0, 0.1) is 0 Å². The predicted octanol–water partition coefficient (Wildman–Crippen LogP) is 0.188. The van der Waals surface area contributed by atoms with Gasteiger partial charge >= 0.3 is 0 Å². The zero-order chi connectivity index (χ0) is 22.4. The normalized spacial score (nSPS) is 33.1. The van der Waals surface area contributed by atoms with Crippen molar-refractivity contribution >= 4 is 5.78 Å². The highest BCUT2D eigenvalue weighted by molar-refractivity contribution is 6.02. The maximum Gasteiger partial charge on any atom is 0.229 e. The molecular weight excluding hydrogens is 408 g/mol. The van der Waals surface area contributed by atoms with Crippen LogP contribution < -0.4 is 4.74 Å². The van der Waals surface area contributed by atoms with Crippen molar-refractivity contribution in [3.63, 3.8) is 0 Å².